The van der Waals surface area contributed by atoms with E-state index >= 15 is 0 Å². The lowest BCUT2D eigenvalue weighted by Crippen LogP contribution is -2.38. The van der Waals surface area contributed by atoms with E-state index in [0.29, 0.717) is 43.3 Å². The summed E-state index contributed by atoms with van der Waals surface area (Å²) in [5, 5.41) is 2.90. The molecule has 0 spiro atoms. The molecule has 1 aliphatic rings. The standard InChI is InChI=1S/C19H18N4O2/c24-19(20-14-6-2-1-3-7-14)17-18(23-10-12-25-13-11-23)22-16-9-5-4-8-15(16)21-17/h1-9H,10-13H2,(H,20,24). The van der Waals surface area contributed by atoms with Gasteiger partial charge < -0.3 is 15.0 Å². The second kappa shape index (κ2) is 6.86. The van der Waals surface area contributed by atoms with Gasteiger partial charge in [0.05, 0.1) is 24.2 Å². The van der Waals surface area contributed by atoms with E-state index < -0.39 is 0 Å². The maximum atomic E-state index is 12.8. The summed E-state index contributed by atoms with van der Waals surface area (Å²) in [4.78, 5) is 24.2. The first-order valence-electron chi connectivity index (χ1n) is 8.27. The molecule has 0 unspecified atom stereocenters. The number of para-hydroxylation sites is 3. The SMILES string of the molecule is O=C(Nc1ccccc1)c1nc2ccccc2nc1N1CCOCC1. The summed E-state index contributed by atoms with van der Waals surface area (Å²) >= 11 is 0. The lowest BCUT2D eigenvalue weighted by molar-refractivity contribution is 0.102. The first-order chi connectivity index (χ1) is 12.3. The molecule has 6 nitrogen and oxygen atoms in total. The van der Waals surface area contributed by atoms with Crippen molar-refractivity contribution in [3.8, 4) is 0 Å². The molecule has 1 saturated heterocycles. The molecule has 126 valence electrons. The Labute approximate surface area is 145 Å². The van der Waals surface area contributed by atoms with Gasteiger partial charge >= 0.3 is 0 Å². The predicted molar refractivity (Wildman–Crippen MR) is 97.0 cm³/mol. The van der Waals surface area contributed by atoms with Crippen LogP contribution in [0.25, 0.3) is 11.0 Å². The fourth-order valence-electron chi connectivity index (χ4n) is 2.85. The monoisotopic (exact) mass is 334 g/mol. The summed E-state index contributed by atoms with van der Waals surface area (Å²) in [5.74, 6) is 0.348. The van der Waals surface area contributed by atoms with E-state index in [1.54, 1.807) is 0 Å². The van der Waals surface area contributed by atoms with Crippen molar-refractivity contribution in [2.45, 2.75) is 0 Å². The largest absolute Gasteiger partial charge is 0.378 e. The van der Waals surface area contributed by atoms with E-state index in [4.69, 9.17) is 9.72 Å². The number of fused-ring (bicyclic) bond motifs is 1. The van der Waals surface area contributed by atoms with Gasteiger partial charge in [0.15, 0.2) is 11.5 Å². The van der Waals surface area contributed by atoms with Crippen molar-refractivity contribution in [2.24, 2.45) is 0 Å². The van der Waals surface area contributed by atoms with E-state index in [9.17, 15) is 4.79 Å². The molecule has 25 heavy (non-hydrogen) atoms. The third-order valence-corrected chi connectivity index (χ3v) is 4.11. The van der Waals surface area contributed by atoms with Crippen LogP contribution in [0.2, 0.25) is 0 Å². The Morgan fingerprint density at radius 1 is 0.920 bits per heavy atom. The maximum Gasteiger partial charge on any atom is 0.278 e. The quantitative estimate of drug-likeness (QED) is 0.798. The summed E-state index contributed by atoms with van der Waals surface area (Å²) in [6.07, 6.45) is 0. The highest BCUT2D eigenvalue weighted by molar-refractivity contribution is 6.07. The van der Waals surface area contributed by atoms with Crippen LogP contribution in [0.3, 0.4) is 0 Å². The number of hydrogen-bond donors (Lipinski definition) is 1. The van der Waals surface area contributed by atoms with E-state index in [1.165, 1.54) is 0 Å². The minimum atomic E-state index is -0.258. The normalized spacial score (nSPS) is 14.5. The summed E-state index contributed by atoms with van der Waals surface area (Å²) in [7, 11) is 0. The summed E-state index contributed by atoms with van der Waals surface area (Å²) in [6, 6.07) is 16.9. The molecule has 1 aromatic heterocycles. The third-order valence-electron chi connectivity index (χ3n) is 4.11. The zero-order chi connectivity index (χ0) is 17.1. The second-order valence-corrected chi connectivity index (χ2v) is 5.80. The van der Waals surface area contributed by atoms with Crippen LogP contribution < -0.4 is 10.2 Å². The highest BCUT2D eigenvalue weighted by Crippen LogP contribution is 2.22. The van der Waals surface area contributed by atoms with Crippen LogP contribution in [0, 0.1) is 0 Å². The molecular weight excluding hydrogens is 316 g/mol. The van der Waals surface area contributed by atoms with Crippen LogP contribution in [0.4, 0.5) is 11.5 Å². The number of benzene rings is 2. The summed E-state index contributed by atoms with van der Waals surface area (Å²) < 4.78 is 5.41. The Kier molecular flexibility index (Phi) is 4.26. The molecule has 2 aromatic carbocycles. The number of hydrogen-bond acceptors (Lipinski definition) is 5. The Morgan fingerprint density at radius 2 is 1.56 bits per heavy atom. The minimum Gasteiger partial charge on any atom is -0.378 e. The second-order valence-electron chi connectivity index (χ2n) is 5.80. The highest BCUT2D eigenvalue weighted by atomic mass is 16.5. The van der Waals surface area contributed by atoms with Gasteiger partial charge in [-0.2, -0.15) is 0 Å². The molecule has 2 heterocycles. The molecular formula is C19H18N4O2. The first-order valence-corrected chi connectivity index (χ1v) is 8.27. The van der Waals surface area contributed by atoms with Gasteiger partial charge in [0.2, 0.25) is 0 Å². The summed E-state index contributed by atoms with van der Waals surface area (Å²) in [6.45, 7) is 2.62. The van der Waals surface area contributed by atoms with Crippen LogP contribution in [0.15, 0.2) is 54.6 Å². The van der Waals surface area contributed by atoms with Crippen molar-refractivity contribution in [1.29, 1.82) is 0 Å². The van der Waals surface area contributed by atoms with Gasteiger partial charge in [-0.15, -0.1) is 0 Å². The number of carbonyl (C=O) groups is 1. The van der Waals surface area contributed by atoms with Crippen LogP contribution >= 0.6 is 0 Å². The third kappa shape index (κ3) is 3.29. The number of morpholine rings is 1. The molecule has 0 atom stereocenters. The average molecular weight is 334 g/mol. The van der Waals surface area contributed by atoms with E-state index in [0.717, 1.165) is 11.2 Å². The molecule has 0 aliphatic carbocycles. The zero-order valence-electron chi connectivity index (χ0n) is 13.7. The number of carbonyl (C=O) groups excluding carboxylic acids is 1. The number of aromatic nitrogens is 2. The van der Waals surface area contributed by atoms with Crippen LogP contribution in [-0.4, -0.2) is 42.2 Å². The maximum absolute atomic E-state index is 12.8. The molecule has 1 N–H and O–H groups in total. The van der Waals surface area contributed by atoms with Gasteiger partial charge in [0.25, 0.3) is 5.91 Å². The van der Waals surface area contributed by atoms with E-state index in [1.807, 2.05) is 54.6 Å². The lowest BCUT2D eigenvalue weighted by Gasteiger charge is -2.29. The van der Waals surface area contributed by atoms with Crippen molar-refractivity contribution in [3.63, 3.8) is 0 Å². The molecule has 3 aromatic rings. The number of ether oxygens (including phenoxy) is 1. The molecule has 0 radical (unpaired) electrons. The molecule has 1 fully saturated rings. The lowest BCUT2D eigenvalue weighted by atomic mass is 10.2. The Bertz CT molecular complexity index is 892. The Morgan fingerprint density at radius 3 is 2.28 bits per heavy atom. The number of anilines is 2. The van der Waals surface area contributed by atoms with Crippen LogP contribution in [0.1, 0.15) is 10.5 Å². The van der Waals surface area contributed by atoms with Crippen LogP contribution in [0.5, 0.6) is 0 Å². The molecule has 1 aliphatic heterocycles. The van der Waals surface area contributed by atoms with Crippen molar-refractivity contribution in [1.82, 2.24) is 9.97 Å². The smallest absolute Gasteiger partial charge is 0.278 e. The first kappa shape index (κ1) is 15.5. The fraction of sp³-hybridized carbons (Fsp3) is 0.211. The number of rotatable bonds is 3. The number of nitrogens with one attached hydrogen (secondary N) is 1. The fourth-order valence-corrected chi connectivity index (χ4v) is 2.85. The number of amides is 1. The Hall–Kier alpha value is -2.99. The molecule has 0 saturated carbocycles. The van der Waals surface area contributed by atoms with Gasteiger partial charge in [-0.25, -0.2) is 9.97 Å². The van der Waals surface area contributed by atoms with Gasteiger partial charge in [-0.05, 0) is 24.3 Å². The molecule has 1 amide bonds. The number of nitrogens with zero attached hydrogens (tertiary/aromatic N) is 3. The Balaban J connectivity index is 1.75. The van der Waals surface area contributed by atoms with Gasteiger partial charge in [-0.3, -0.25) is 4.79 Å². The van der Waals surface area contributed by atoms with Gasteiger partial charge in [-0.1, -0.05) is 30.3 Å². The van der Waals surface area contributed by atoms with E-state index in [-0.39, 0.29) is 5.91 Å². The van der Waals surface area contributed by atoms with E-state index in [2.05, 4.69) is 15.2 Å². The van der Waals surface area contributed by atoms with Crippen molar-refractivity contribution in [2.75, 3.05) is 36.5 Å². The van der Waals surface area contributed by atoms with Crippen molar-refractivity contribution in [3.05, 3.63) is 60.3 Å². The van der Waals surface area contributed by atoms with Gasteiger partial charge in [0.1, 0.15) is 0 Å². The van der Waals surface area contributed by atoms with Crippen LogP contribution in [-0.2, 0) is 4.74 Å². The molecule has 4 rings (SSSR count). The highest BCUT2D eigenvalue weighted by Gasteiger charge is 2.23. The van der Waals surface area contributed by atoms with Crippen molar-refractivity contribution < 1.29 is 9.53 Å². The molecule has 0 bridgehead atoms. The topological polar surface area (TPSA) is 67.4 Å². The minimum absolute atomic E-state index is 0.258. The molecule has 6 heteroatoms. The van der Waals surface area contributed by atoms with Gasteiger partial charge in [0, 0.05) is 18.8 Å². The zero-order valence-corrected chi connectivity index (χ0v) is 13.7. The predicted octanol–water partition coefficient (Wildman–Crippen LogP) is 2.72. The average Bonchev–Trinajstić information content (AvgIpc) is 2.68. The summed E-state index contributed by atoms with van der Waals surface area (Å²) in [5.41, 5.74) is 2.55. The van der Waals surface area contributed by atoms with Crippen molar-refractivity contribution >= 4 is 28.4 Å².